The minimum atomic E-state index is -4.45. The molecule has 2 aromatic carbocycles. The van der Waals surface area contributed by atoms with Crippen LogP contribution in [0.1, 0.15) is 17.5 Å². The summed E-state index contributed by atoms with van der Waals surface area (Å²) >= 11 is 0. The number of aryl methyl sites for hydroxylation is 1. The molecule has 0 unspecified atom stereocenters. The Labute approximate surface area is 146 Å². The highest BCUT2D eigenvalue weighted by Gasteiger charge is 2.32. The highest BCUT2D eigenvalue weighted by atomic mass is 19.4. The number of hydrogen-bond donors (Lipinski definition) is 0. The molecule has 0 saturated carbocycles. The molecule has 3 nitrogen and oxygen atoms in total. The Hall–Kier alpha value is -2.64. The van der Waals surface area contributed by atoms with Gasteiger partial charge >= 0.3 is 6.18 Å². The van der Waals surface area contributed by atoms with E-state index in [9.17, 15) is 26.7 Å². The van der Waals surface area contributed by atoms with Crippen molar-refractivity contribution in [2.24, 2.45) is 0 Å². The van der Waals surface area contributed by atoms with Gasteiger partial charge in [0, 0.05) is 18.3 Å². The number of rotatable bonds is 3. The van der Waals surface area contributed by atoms with E-state index >= 15 is 0 Å². The van der Waals surface area contributed by atoms with E-state index in [4.69, 9.17) is 4.74 Å². The molecule has 8 heteroatoms. The molecule has 0 saturated heterocycles. The van der Waals surface area contributed by atoms with Crippen LogP contribution in [0.15, 0.2) is 36.4 Å². The van der Waals surface area contributed by atoms with Crippen LogP contribution in [0.25, 0.3) is 0 Å². The van der Waals surface area contributed by atoms with Gasteiger partial charge in [0.1, 0.15) is 5.82 Å². The molecular formula is C18H14F5NO2. The summed E-state index contributed by atoms with van der Waals surface area (Å²) in [5.74, 6) is -2.50. The first kappa shape index (κ1) is 18.2. The van der Waals surface area contributed by atoms with Gasteiger partial charge in [-0.2, -0.15) is 13.2 Å². The lowest BCUT2D eigenvalue weighted by atomic mass is 9.99. The molecule has 0 spiro atoms. The third-order valence-electron chi connectivity index (χ3n) is 4.07. The van der Waals surface area contributed by atoms with Crippen molar-refractivity contribution >= 4 is 11.6 Å². The molecule has 0 atom stereocenters. The van der Waals surface area contributed by atoms with Crippen LogP contribution in [0.4, 0.5) is 27.6 Å². The second kappa shape index (κ2) is 6.93. The Morgan fingerprint density at radius 3 is 2.58 bits per heavy atom. The van der Waals surface area contributed by atoms with E-state index in [1.54, 1.807) is 0 Å². The predicted octanol–water partition coefficient (Wildman–Crippen LogP) is 4.34. The van der Waals surface area contributed by atoms with Crippen LogP contribution in [0.5, 0.6) is 5.75 Å². The second-order valence-corrected chi connectivity index (χ2v) is 5.85. The predicted molar refractivity (Wildman–Crippen MR) is 84.0 cm³/mol. The molecule has 3 rings (SSSR count). The first-order valence-electron chi connectivity index (χ1n) is 7.84. The number of ether oxygens (including phenoxy) is 1. The monoisotopic (exact) mass is 371 g/mol. The summed E-state index contributed by atoms with van der Waals surface area (Å²) < 4.78 is 70.0. The van der Waals surface area contributed by atoms with Gasteiger partial charge in [-0.1, -0.05) is 0 Å². The van der Waals surface area contributed by atoms with E-state index in [0.717, 1.165) is 24.3 Å². The quantitative estimate of drug-likeness (QED) is 0.751. The number of fused-ring (bicyclic) bond motifs is 1. The minimum Gasteiger partial charge on any atom is -0.481 e. The fourth-order valence-corrected chi connectivity index (χ4v) is 2.84. The molecule has 1 aliphatic heterocycles. The van der Waals surface area contributed by atoms with Crippen molar-refractivity contribution in [1.82, 2.24) is 0 Å². The smallest absolute Gasteiger partial charge is 0.416 e. The summed E-state index contributed by atoms with van der Waals surface area (Å²) in [5, 5.41) is 0. The highest BCUT2D eigenvalue weighted by molar-refractivity contribution is 5.95. The molecule has 1 aliphatic rings. The van der Waals surface area contributed by atoms with Gasteiger partial charge in [0.15, 0.2) is 18.2 Å². The maximum absolute atomic E-state index is 13.5. The van der Waals surface area contributed by atoms with Gasteiger partial charge in [0.05, 0.1) is 5.56 Å². The Morgan fingerprint density at radius 2 is 1.88 bits per heavy atom. The molecule has 0 N–H and O–H groups in total. The van der Waals surface area contributed by atoms with Gasteiger partial charge < -0.3 is 9.64 Å². The number of nitrogens with zero attached hydrogens (tertiary/aromatic N) is 1. The zero-order valence-corrected chi connectivity index (χ0v) is 13.4. The summed E-state index contributed by atoms with van der Waals surface area (Å²) in [6.07, 6.45) is -3.52. The third kappa shape index (κ3) is 3.79. The van der Waals surface area contributed by atoms with Crippen LogP contribution in [-0.4, -0.2) is 19.1 Å². The summed E-state index contributed by atoms with van der Waals surface area (Å²) in [6.45, 7) is -0.185. The van der Waals surface area contributed by atoms with E-state index in [-0.39, 0.29) is 5.75 Å². The van der Waals surface area contributed by atoms with Crippen molar-refractivity contribution in [3.8, 4) is 5.75 Å². The lowest BCUT2D eigenvalue weighted by molar-refractivity contribution is -0.137. The largest absolute Gasteiger partial charge is 0.481 e. The van der Waals surface area contributed by atoms with Crippen LogP contribution in [0.2, 0.25) is 0 Å². The van der Waals surface area contributed by atoms with Crippen LogP contribution >= 0.6 is 0 Å². The van der Waals surface area contributed by atoms with Gasteiger partial charge in [0.25, 0.3) is 5.91 Å². The molecule has 2 aromatic rings. The zero-order chi connectivity index (χ0) is 18.9. The first-order valence-corrected chi connectivity index (χ1v) is 7.84. The SMILES string of the molecule is O=C(COc1ccc(F)cc1F)N1CCCc2cc(C(F)(F)F)ccc21. The zero-order valence-electron chi connectivity index (χ0n) is 13.4. The summed E-state index contributed by atoms with van der Waals surface area (Å²) in [6, 6.07) is 5.91. The van der Waals surface area contributed by atoms with Gasteiger partial charge in [-0.25, -0.2) is 8.78 Å². The molecule has 1 amide bonds. The van der Waals surface area contributed by atoms with Crippen LogP contribution < -0.4 is 9.64 Å². The minimum absolute atomic E-state index is 0.274. The van der Waals surface area contributed by atoms with Crippen molar-refractivity contribution in [3.05, 3.63) is 59.2 Å². The number of benzene rings is 2. The first-order chi connectivity index (χ1) is 12.3. The molecule has 0 aromatic heterocycles. The van der Waals surface area contributed by atoms with Crippen LogP contribution in [0.3, 0.4) is 0 Å². The number of anilines is 1. The molecule has 0 aliphatic carbocycles. The van der Waals surface area contributed by atoms with E-state index in [0.29, 0.717) is 36.7 Å². The van der Waals surface area contributed by atoms with Crippen LogP contribution in [-0.2, 0) is 17.4 Å². The van der Waals surface area contributed by atoms with Gasteiger partial charge in [0.2, 0.25) is 0 Å². The molecule has 0 radical (unpaired) electrons. The number of carbonyl (C=O) groups is 1. The number of halogens is 5. The molecule has 0 bridgehead atoms. The molecule has 1 heterocycles. The number of alkyl halides is 3. The lowest BCUT2D eigenvalue weighted by Crippen LogP contribution is -2.38. The van der Waals surface area contributed by atoms with E-state index in [1.165, 1.54) is 11.0 Å². The van der Waals surface area contributed by atoms with Crippen molar-refractivity contribution in [1.29, 1.82) is 0 Å². The Morgan fingerprint density at radius 1 is 1.12 bits per heavy atom. The fourth-order valence-electron chi connectivity index (χ4n) is 2.84. The maximum Gasteiger partial charge on any atom is 0.416 e. The topological polar surface area (TPSA) is 29.5 Å². The van der Waals surface area contributed by atoms with E-state index < -0.39 is 35.9 Å². The second-order valence-electron chi connectivity index (χ2n) is 5.85. The fraction of sp³-hybridized carbons (Fsp3) is 0.278. The van der Waals surface area contributed by atoms with Crippen molar-refractivity contribution < 1.29 is 31.5 Å². The van der Waals surface area contributed by atoms with E-state index in [1.807, 2.05) is 0 Å². The Bertz CT molecular complexity index is 835. The number of amides is 1. The Balaban J connectivity index is 1.75. The van der Waals surface area contributed by atoms with E-state index in [2.05, 4.69) is 0 Å². The summed E-state index contributed by atoms with van der Waals surface area (Å²) in [7, 11) is 0. The number of hydrogen-bond acceptors (Lipinski definition) is 2. The summed E-state index contributed by atoms with van der Waals surface area (Å²) in [5.41, 5.74) is 0.0417. The molecule has 26 heavy (non-hydrogen) atoms. The van der Waals surface area contributed by atoms with Crippen molar-refractivity contribution in [3.63, 3.8) is 0 Å². The average molecular weight is 371 g/mol. The van der Waals surface area contributed by atoms with Gasteiger partial charge in [-0.15, -0.1) is 0 Å². The Kier molecular flexibility index (Phi) is 4.84. The van der Waals surface area contributed by atoms with Gasteiger partial charge in [-0.3, -0.25) is 4.79 Å². The van der Waals surface area contributed by atoms with Crippen LogP contribution in [0, 0.1) is 11.6 Å². The van der Waals surface area contributed by atoms with Crippen molar-refractivity contribution in [2.45, 2.75) is 19.0 Å². The summed E-state index contributed by atoms with van der Waals surface area (Å²) in [4.78, 5) is 13.7. The molecule has 0 fully saturated rings. The standard InChI is InChI=1S/C18H14F5NO2/c19-13-4-6-16(14(20)9-13)26-10-17(25)24-7-1-2-11-8-12(18(21,22)23)3-5-15(11)24/h3-6,8-9H,1-2,7,10H2. The normalized spacial score (nSPS) is 14.1. The molecular weight excluding hydrogens is 357 g/mol. The highest BCUT2D eigenvalue weighted by Crippen LogP contribution is 2.35. The third-order valence-corrected chi connectivity index (χ3v) is 4.07. The van der Waals surface area contributed by atoms with Crippen molar-refractivity contribution in [2.75, 3.05) is 18.1 Å². The van der Waals surface area contributed by atoms with Gasteiger partial charge in [-0.05, 0) is 48.7 Å². The lowest BCUT2D eigenvalue weighted by Gasteiger charge is -2.30. The molecule has 138 valence electrons. The maximum atomic E-state index is 13.5. The average Bonchev–Trinajstić information content (AvgIpc) is 2.59. The number of carbonyl (C=O) groups excluding carboxylic acids is 1.